The maximum absolute atomic E-state index is 13.9. The third-order valence-corrected chi connectivity index (χ3v) is 6.96. The van der Waals surface area contributed by atoms with E-state index in [4.69, 9.17) is 4.74 Å². The highest BCUT2D eigenvalue weighted by Gasteiger charge is 2.27. The standard InChI is InChI=1S/C20H19O2P/c1-22-18-10-8-9-17(15-18)16-23(21,19-11-4-2-5-12-19)20-13-6-3-7-14-20/h2-15H,16H2,1H3. The lowest BCUT2D eigenvalue weighted by Crippen LogP contribution is -2.17. The van der Waals surface area contributed by atoms with Crippen LogP contribution in [-0.2, 0) is 10.7 Å². The van der Waals surface area contributed by atoms with Crippen molar-refractivity contribution >= 4 is 17.8 Å². The molecule has 0 amide bonds. The fourth-order valence-corrected chi connectivity index (χ4v) is 5.38. The molecule has 2 nitrogen and oxygen atoms in total. The normalized spacial score (nSPS) is 11.2. The first kappa shape index (κ1) is 15.6. The van der Waals surface area contributed by atoms with Crippen molar-refractivity contribution in [3.8, 4) is 5.75 Å². The van der Waals surface area contributed by atoms with Gasteiger partial charge in [-0.05, 0) is 17.7 Å². The van der Waals surface area contributed by atoms with Crippen LogP contribution in [0.15, 0.2) is 84.9 Å². The largest absolute Gasteiger partial charge is 0.497 e. The third-order valence-electron chi connectivity index (χ3n) is 3.89. The van der Waals surface area contributed by atoms with Gasteiger partial charge >= 0.3 is 0 Å². The summed E-state index contributed by atoms with van der Waals surface area (Å²) in [7, 11) is -1.09. The Balaban J connectivity index is 2.08. The van der Waals surface area contributed by atoms with Crippen LogP contribution in [0.5, 0.6) is 5.75 Å². The molecule has 0 aliphatic heterocycles. The maximum atomic E-state index is 13.9. The highest BCUT2D eigenvalue weighted by atomic mass is 31.2. The second-order valence-corrected chi connectivity index (χ2v) is 8.25. The Kier molecular flexibility index (Phi) is 4.64. The molecular formula is C20H19O2P. The number of hydrogen-bond acceptors (Lipinski definition) is 2. The highest BCUT2D eigenvalue weighted by molar-refractivity contribution is 7.78. The lowest BCUT2D eigenvalue weighted by atomic mass is 10.2. The Morgan fingerprint density at radius 1 is 0.783 bits per heavy atom. The molecule has 0 bridgehead atoms. The lowest BCUT2D eigenvalue weighted by molar-refractivity contribution is 0.414. The number of hydrogen-bond donors (Lipinski definition) is 0. The monoisotopic (exact) mass is 322 g/mol. The molecule has 0 aromatic heterocycles. The summed E-state index contributed by atoms with van der Waals surface area (Å²) in [6.45, 7) is 0. The van der Waals surface area contributed by atoms with Crippen LogP contribution < -0.4 is 15.3 Å². The van der Waals surface area contributed by atoms with Crippen molar-refractivity contribution in [1.29, 1.82) is 0 Å². The fraction of sp³-hybridized carbons (Fsp3) is 0.100. The molecule has 0 fully saturated rings. The van der Waals surface area contributed by atoms with E-state index in [2.05, 4.69) is 0 Å². The Labute approximate surface area is 137 Å². The minimum atomic E-state index is -2.73. The molecule has 0 spiro atoms. The minimum Gasteiger partial charge on any atom is -0.497 e. The molecule has 3 aromatic carbocycles. The van der Waals surface area contributed by atoms with E-state index >= 15 is 0 Å². The second-order valence-electron chi connectivity index (χ2n) is 5.42. The van der Waals surface area contributed by atoms with Gasteiger partial charge in [0.1, 0.15) is 12.9 Å². The molecule has 0 N–H and O–H groups in total. The smallest absolute Gasteiger partial charge is 0.147 e. The van der Waals surface area contributed by atoms with Crippen molar-refractivity contribution in [3.63, 3.8) is 0 Å². The predicted molar refractivity (Wildman–Crippen MR) is 96.5 cm³/mol. The van der Waals surface area contributed by atoms with Crippen molar-refractivity contribution in [3.05, 3.63) is 90.5 Å². The van der Waals surface area contributed by atoms with E-state index in [0.717, 1.165) is 21.9 Å². The van der Waals surface area contributed by atoms with E-state index in [9.17, 15) is 4.57 Å². The van der Waals surface area contributed by atoms with Crippen LogP contribution in [0.2, 0.25) is 0 Å². The van der Waals surface area contributed by atoms with E-state index in [-0.39, 0.29) is 0 Å². The molecule has 0 aliphatic carbocycles. The topological polar surface area (TPSA) is 26.3 Å². The van der Waals surface area contributed by atoms with Crippen molar-refractivity contribution < 1.29 is 9.30 Å². The summed E-state index contributed by atoms with van der Waals surface area (Å²) in [5.74, 6) is 0.787. The zero-order valence-electron chi connectivity index (χ0n) is 13.1. The molecule has 0 heterocycles. The summed E-state index contributed by atoms with van der Waals surface area (Å²) in [4.78, 5) is 0. The first-order valence-electron chi connectivity index (χ1n) is 7.55. The molecule has 0 unspecified atom stereocenters. The Morgan fingerprint density at radius 2 is 1.35 bits per heavy atom. The number of benzene rings is 3. The average Bonchev–Trinajstić information content (AvgIpc) is 2.63. The first-order valence-corrected chi connectivity index (χ1v) is 9.45. The van der Waals surface area contributed by atoms with Gasteiger partial charge in [-0.15, -0.1) is 0 Å². The summed E-state index contributed by atoms with van der Waals surface area (Å²) in [6, 6.07) is 27.3. The van der Waals surface area contributed by atoms with Crippen LogP contribution in [0.3, 0.4) is 0 Å². The van der Waals surface area contributed by atoms with Crippen LogP contribution in [0, 0.1) is 0 Å². The van der Waals surface area contributed by atoms with Crippen molar-refractivity contribution in [2.75, 3.05) is 7.11 Å². The maximum Gasteiger partial charge on any atom is 0.147 e. The van der Waals surface area contributed by atoms with Crippen molar-refractivity contribution in [1.82, 2.24) is 0 Å². The zero-order chi connectivity index (χ0) is 16.1. The Hall–Kier alpha value is -2.31. The molecule has 3 rings (SSSR count). The molecule has 0 saturated heterocycles. The Bertz CT molecular complexity index is 770. The minimum absolute atomic E-state index is 0.484. The quantitative estimate of drug-likeness (QED) is 0.658. The van der Waals surface area contributed by atoms with Crippen molar-refractivity contribution in [2.45, 2.75) is 6.16 Å². The van der Waals surface area contributed by atoms with E-state index in [0.29, 0.717) is 6.16 Å². The van der Waals surface area contributed by atoms with Gasteiger partial charge < -0.3 is 9.30 Å². The van der Waals surface area contributed by atoms with E-state index in [1.807, 2.05) is 84.9 Å². The molecule has 0 radical (unpaired) electrons. The number of ether oxygens (including phenoxy) is 1. The van der Waals surface area contributed by atoms with Crippen LogP contribution in [0.25, 0.3) is 0 Å². The van der Waals surface area contributed by atoms with Gasteiger partial charge in [0.15, 0.2) is 0 Å². The van der Waals surface area contributed by atoms with Gasteiger partial charge in [-0.2, -0.15) is 0 Å². The van der Waals surface area contributed by atoms with E-state index in [1.165, 1.54) is 0 Å². The van der Waals surface area contributed by atoms with Gasteiger partial charge in [0.05, 0.1) is 7.11 Å². The summed E-state index contributed by atoms with van der Waals surface area (Å²) < 4.78 is 19.2. The molecule has 23 heavy (non-hydrogen) atoms. The second kappa shape index (κ2) is 6.85. The predicted octanol–water partition coefficient (Wildman–Crippen LogP) is 4.21. The summed E-state index contributed by atoms with van der Waals surface area (Å²) in [5.41, 5.74) is 1.01. The molecule has 0 atom stereocenters. The molecule has 3 aromatic rings. The van der Waals surface area contributed by atoms with Gasteiger partial charge in [0, 0.05) is 16.8 Å². The van der Waals surface area contributed by atoms with Crippen LogP contribution in [-0.4, -0.2) is 7.11 Å². The molecule has 0 saturated carbocycles. The van der Waals surface area contributed by atoms with Crippen molar-refractivity contribution in [2.24, 2.45) is 0 Å². The summed E-state index contributed by atoms with van der Waals surface area (Å²) >= 11 is 0. The average molecular weight is 322 g/mol. The number of rotatable bonds is 5. The first-order chi connectivity index (χ1) is 11.2. The number of methoxy groups -OCH3 is 1. The van der Waals surface area contributed by atoms with Gasteiger partial charge in [-0.3, -0.25) is 0 Å². The van der Waals surface area contributed by atoms with Gasteiger partial charge in [-0.25, -0.2) is 0 Å². The van der Waals surface area contributed by atoms with Crippen LogP contribution >= 0.6 is 7.14 Å². The van der Waals surface area contributed by atoms with E-state index < -0.39 is 7.14 Å². The zero-order valence-corrected chi connectivity index (χ0v) is 13.9. The fourth-order valence-electron chi connectivity index (χ4n) is 2.70. The highest BCUT2D eigenvalue weighted by Crippen LogP contribution is 2.47. The molecule has 3 heteroatoms. The van der Waals surface area contributed by atoms with Crippen LogP contribution in [0.1, 0.15) is 5.56 Å². The molecule has 0 aliphatic rings. The molecular weight excluding hydrogens is 303 g/mol. The van der Waals surface area contributed by atoms with Crippen LogP contribution in [0.4, 0.5) is 0 Å². The third kappa shape index (κ3) is 3.38. The van der Waals surface area contributed by atoms with E-state index in [1.54, 1.807) is 7.11 Å². The van der Waals surface area contributed by atoms with Gasteiger partial charge in [0.25, 0.3) is 0 Å². The van der Waals surface area contributed by atoms with Gasteiger partial charge in [0.2, 0.25) is 0 Å². The molecule has 116 valence electrons. The van der Waals surface area contributed by atoms with Gasteiger partial charge in [-0.1, -0.05) is 72.8 Å². The SMILES string of the molecule is COc1cccc(CP(=O)(c2ccccc2)c2ccccc2)c1. The summed E-state index contributed by atoms with van der Waals surface area (Å²) in [6.07, 6.45) is 0.484. The lowest BCUT2D eigenvalue weighted by Gasteiger charge is -2.19. The summed E-state index contributed by atoms with van der Waals surface area (Å²) in [5, 5.41) is 1.77. The Morgan fingerprint density at radius 3 is 1.87 bits per heavy atom.